The fourth-order valence-electron chi connectivity index (χ4n) is 1.88. The van der Waals surface area contributed by atoms with Gasteiger partial charge in [-0.3, -0.25) is 4.79 Å². The largest absolute Gasteiger partial charge is 0.508 e. The summed E-state index contributed by atoms with van der Waals surface area (Å²) in [6.45, 7) is 0.317. The zero-order valence-electron chi connectivity index (χ0n) is 13.1. The van der Waals surface area contributed by atoms with Gasteiger partial charge < -0.3 is 14.9 Å². The number of ether oxygens (including phenoxy) is 1. The first-order valence-corrected chi connectivity index (χ1v) is 8.13. The molecule has 0 radical (unpaired) electrons. The molecule has 0 atom stereocenters. The van der Waals surface area contributed by atoms with Crippen LogP contribution >= 0.6 is 23.2 Å². The predicted molar refractivity (Wildman–Crippen MR) is 96.7 cm³/mol. The van der Waals surface area contributed by atoms with Crippen LogP contribution < -0.4 is 10.2 Å². The second-order valence-electron chi connectivity index (χ2n) is 5.06. The Morgan fingerprint density at radius 2 is 2.00 bits per heavy atom. The number of phenolic OH excluding ortho intramolecular Hbond substituents is 2. The van der Waals surface area contributed by atoms with Crippen LogP contribution in [0.25, 0.3) is 0 Å². The van der Waals surface area contributed by atoms with E-state index in [1.165, 1.54) is 24.4 Å². The van der Waals surface area contributed by atoms with Gasteiger partial charge in [0, 0.05) is 23.1 Å². The number of carbonyl (C=O) groups excluding carboxylic acids is 1. The summed E-state index contributed by atoms with van der Waals surface area (Å²) in [4.78, 5) is 11.7. The van der Waals surface area contributed by atoms with Crippen molar-refractivity contribution in [2.45, 2.75) is 12.8 Å². The quantitative estimate of drug-likeness (QED) is 0.386. The minimum Gasteiger partial charge on any atom is -0.508 e. The first kappa shape index (κ1) is 18.9. The van der Waals surface area contributed by atoms with Gasteiger partial charge in [-0.1, -0.05) is 23.2 Å². The highest BCUT2D eigenvalue weighted by molar-refractivity contribution is 6.35. The molecule has 0 bridgehead atoms. The highest BCUT2D eigenvalue weighted by atomic mass is 35.5. The Kier molecular flexibility index (Phi) is 6.91. The van der Waals surface area contributed by atoms with E-state index in [9.17, 15) is 15.0 Å². The summed E-state index contributed by atoms with van der Waals surface area (Å²) in [5.74, 6) is 0.0262. The van der Waals surface area contributed by atoms with Crippen LogP contribution in [-0.4, -0.2) is 28.9 Å². The van der Waals surface area contributed by atoms with Crippen LogP contribution in [0.2, 0.25) is 10.0 Å². The molecule has 0 heterocycles. The fourth-order valence-corrected chi connectivity index (χ4v) is 2.34. The first-order valence-electron chi connectivity index (χ1n) is 7.37. The first-order chi connectivity index (χ1) is 12.0. The molecule has 0 unspecified atom stereocenters. The second kappa shape index (κ2) is 9.15. The Balaban J connectivity index is 1.71. The molecule has 0 saturated carbocycles. The van der Waals surface area contributed by atoms with Crippen molar-refractivity contribution in [2.75, 3.05) is 6.61 Å². The van der Waals surface area contributed by atoms with E-state index in [-0.39, 0.29) is 23.8 Å². The number of rotatable bonds is 7. The van der Waals surface area contributed by atoms with Gasteiger partial charge in [0.1, 0.15) is 17.2 Å². The van der Waals surface area contributed by atoms with Crippen molar-refractivity contribution in [3.8, 4) is 17.2 Å². The average molecular weight is 383 g/mol. The van der Waals surface area contributed by atoms with Gasteiger partial charge >= 0.3 is 0 Å². The van der Waals surface area contributed by atoms with Crippen molar-refractivity contribution in [1.29, 1.82) is 0 Å². The number of hydrogen-bond acceptors (Lipinski definition) is 5. The van der Waals surface area contributed by atoms with Crippen LogP contribution in [-0.2, 0) is 4.79 Å². The van der Waals surface area contributed by atoms with E-state index in [0.717, 1.165) is 0 Å². The third-order valence-corrected chi connectivity index (χ3v) is 3.64. The van der Waals surface area contributed by atoms with Gasteiger partial charge in [-0.2, -0.15) is 5.10 Å². The van der Waals surface area contributed by atoms with Gasteiger partial charge in [0.2, 0.25) is 5.91 Å². The van der Waals surface area contributed by atoms with E-state index >= 15 is 0 Å². The highest BCUT2D eigenvalue weighted by Crippen LogP contribution is 2.27. The Hall–Kier alpha value is -2.44. The molecule has 0 spiro atoms. The number of hydrazone groups is 1. The monoisotopic (exact) mass is 382 g/mol. The van der Waals surface area contributed by atoms with Crippen LogP contribution in [0.1, 0.15) is 18.4 Å². The van der Waals surface area contributed by atoms with Gasteiger partial charge in [-0.15, -0.1) is 0 Å². The van der Waals surface area contributed by atoms with Crippen LogP contribution in [0.15, 0.2) is 41.5 Å². The van der Waals surface area contributed by atoms with Gasteiger partial charge in [-0.05, 0) is 36.8 Å². The maximum atomic E-state index is 11.7. The van der Waals surface area contributed by atoms with Crippen LogP contribution in [0.4, 0.5) is 0 Å². The number of carbonyl (C=O) groups is 1. The Bertz CT molecular complexity index is 781. The maximum Gasteiger partial charge on any atom is 0.240 e. The number of hydrogen-bond donors (Lipinski definition) is 3. The summed E-state index contributed by atoms with van der Waals surface area (Å²) in [5.41, 5.74) is 2.72. The smallest absolute Gasteiger partial charge is 0.240 e. The molecule has 6 nitrogen and oxygen atoms in total. The Labute approximate surface area is 154 Å². The van der Waals surface area contributed by atoms with Crippen molar-refractivity contribution < 1.29 is 19.7 Å². The van der Waals surface area contributed by atoms with Gasteiger partial charge in [0.05, 0.1) is 17.8 Å². The van der Waals surface area contributed by atoms with E-state index in [4.69, 9.17) is 27.9 Å². The van der Waals surface area contributed by atoms with Crippen LogP contribution in [0.3, 0.4) is 0 Å². The van der Waals surface area contributed by atoms with Crippen molar-refractivity contribution in [3.63, 3.8) is 0 Å². The molecule has 8 heteroatoms. The summed E-state index contributed by atoms with van der Waals surface area (Å²) in [7, 11) is 0. The minimum atomic E-state index is -0.291. The summed E-state index contributed by atoms with van der Waals surface area (Å²) < 4.78 is 5.48. The summed E-state index contributed by atoms with van der Waals surface area (Å²) in [6.07, 6.45) is 1.98. The molecule has 2 aromatic carbocycles. The lowest BCUT2D eigenvalue weighted by molar-refractivity contribution is -0.121. The number of halogens is 2. The third-order valence-electron chi connectivity index (χ3n) is 3.11. The molecule has 2 rings (SSSR count). The topological polar surface area (TPSA) is 91.2 Å². The maximum absolute atomic E-state index is 11.7. The van der Waals surface area contributed by atoms with E-state index in [1.54, 1.807) is 18.2 Å². The number of nitrogens with zero attached hydrogens (tertiary/aromatic N) is 1. The molecule has 0 aliphatic heterocycles. The molecule has 0 fully saturated rings. The standard InChI is InChI=1S/C17H16Cl2N2O4/c18-12-4-6-16(14(19)8-12)25-7-1-2-17(24)21-20-10-11-3-5-13(22)9-15(11)23/h3-6,8-10,22-23H,1-2,7H2,(H,21,24). The van der Waals surface area contributed by atoms with Gasteiger partial charge in [0.15, 0.2) is 0 Å². The third kappa shape index (κ3) is 6.17. The Morgan fingerprint density at radius 1 is 1.20 bits per heavy atom. The lowest BCUT2D eigenvalue weighted by Crippen LogP contribution is -2.18. The number of phenols is 2. The molecule has 0 saturated heterocycles. The van der Waals surface area contributed by atoms with E-state index in [2.05, 4.69) is 10.5 Å². The molecular formula is C17H16Cl2N2O4. The molecule has 132 valence electrons. The summed E-state index contributed by atoms with van der Waals surface area (Å²) in [5, 5.41) is 23.4. The number of amides is 1. The number of benzene rings is 2. The lowest BCUT2D eigenvalue weighted by Gasteiger charge is -2.07. The Morgan fingerprint density at radius 3 is 2.72 bits per heavy atom. The molecule has 1 amide bonds. The van der Waals surface area contributed by atoms with E-state index in [1.807, 2.05) is 0 Å². The number of aromatic hydroxyl groups is 2. The SMILES string of the molecule is O=C(CCCOc1ccc(Cl)cc1Cl)NN=Cc1ccc(O)cc1O. The van der Waals surface area contributed by atoms with Crippen molar-refractivity contribution in [3.05, 3.63) is 52.0 Å². The summed E-state index contributed by atoms with van der Waals surface area (Å²) >= 11 is 11.8. The van der Waals surface area contributed by atoms with Crippen molar-refractivity contribution in [1.82, 2.24) is 5.43 Å². The van der Waals surface area contributed by atoms with Gasteiger partial charge in [-0.25, -0.2) is 5.43 Å². The molecule has 0 aliphatic carbocycles. The van der Waals surface area contributed by atoms with E-state index < -0.39 is 0 Å². The second-order valence-corrected chi connectivity index (χ2v) is 5.91. The minimum absolute atomic E-state index is 0.0560. The lowest BCUT2D eigenvalue weighted by atomic mass is 10.2. The predicted octanol–water partition coefficient (Wildman–Crippen LogP) is 3.71. The molecule has 25 heavy (non-hydrogen) atoms. The van der Waals surface area contributed by atoms with Crippen molar-refractivity contribution >= 4 is 35.3 Å². The highest BCUT2D eigenvalue weighted by Gasteiger charge is 2.04. The molecule has 0 aliphatic rings. The normalized spacial score (nSPS) is 10.8. The summed E-state index contributed by atoms with van der Waals surface area (Å²) in [6, 6.07) is 8.98. The zero-order chi connectivity index (χ0) is 18.2. The van der Waals surface area contributed by atoms with E-state index in [0.29, 0.717) is 34.4 Å². The fraction of sp³-hybridized carbons (Fsp3) is 0.176. The molecular weight excluding hydrogens is 367 g/mol. The van der Waals surface area contributed by atoms with Crippen LogP contribution in [0.5, 0.6) is 17.2 Å². The average Bonchev–Trinajstić information content (AvgIpc) is 2.55. The molecule has 3 N–H and O–H groups in total. The number of nitrogens with one attached hydrogen (secondary N) is 1. The molecule has 0 aromatic heterocycles. The van der Waals surface area contributed by atoms with Gasteiger partial charge in [0.25, 0.3) is 0 Å². The molecule has 2 aromatic rings. The van der Waals surface area contributed by atoms with Crippen LogP contribution in [0, 0.1) is 0 Å². The zero-order valence-corrected chi connectivity index (χ0v) is 14.6. The van der Waals surface area contributed by atoms with Crippen molar-refractivity contribution in [2.24, 2.45) is 5.10 Å².